The third-order valence-electron chi connectivity index (χ3n) is 2.01. The van der Waals surface area contributed by atoms with E-state index in [1.54, 1.807) is 6.07 Å². The molecule has 88 valence electrons. The van der Waals surface area contributed by atoms with Crippen LogP contribution in [0.25, 0.3) is 0 Å². The summed E-state index contributed by atoms with van der Waals surface area (Å²) in [5.74, 6) is -1.23. The number of carbonyl (C=O) groups is 1. The molecule has 0 aliphatic rings. The number of carboxylic acid groups (broad SMARTS) is 1. The van der Waals surface area contributed by atoms with E-state index in [4.69, 9.17) is 15.4 Å². The van der Waals surface area contributed by atoms with Gasteiger partial charge in [0, 0.05) is 0 Å². The predicted molar refractivity (Wildman–Crippen MR) is 55.6 cm³/mol. The maximum atomic E-state index is 11.0. The Balaban J connectivity index is 3.10. The Bertz CT molecular complexity index is 496. The molecule has 0 fully saturated rings. The van der Waals surface area contributed by atoms with Gasteiger partial charge < -0.3 is 10.8 Å². The second kappa shape index (κ2) is 4.60. The van der Waals surface area contributed by atoms with Gasteiger partial charge in [-0.25, -0.2) is 0 Å². The first kappa shape index (κ1) is 12.6. The van der Waals surface area contributed by atoms with E-state index in [0.29, 0.717) is 0 Å². The van der Waals surface area contributed by atoms with E-state index in [1.165, 1.54) is 18.2 Å². The van der Waals surface area contributed by atoms with Crippen molar-refractivity contribution in [1.82, 2.24) is 0 Å². The summed E-state index contributed by atoms with van der Waals surface area (Å²) in [6.07, 6.45) is -0.161. The minimum absolute atomic E-state index is 0.161. The average Bonchev–Trinajstić information content (AvgIpc) is 2.16. The zero-order valence-electron chi connectivity index (χ0n) is 8.20. The fourth-order valence-electron chi connectivity index (χ4n) is 1.25. The minimum atomic E-state index is -4.35. The van der Waals surface area contributed by atoms with Crippen LogP contribution in [-0.4, -0.2) is 30.1 Å². The first-order valence-corrected chi connectivity index (χ1v) is 5.80. The zero-order chi connectivity index (χ0) is 12.3. The van der Waals surface area contributed by atoms with Crippen LogP contribution in [0, 0.1) is 0 Å². The fourth-order valence-corrected chi connectivity index (χ4v) is 1.98. The van der Waals surface area contributed by atoms with E-state index < -0.39 is 22.1 Å². The van der Waals surface area contributed by atoms with Crippen LogP contribution < -0.4 is 5.73 Å². The van der Waals surface area contributed by atoms with Gasteiger partial charge in [0.2, 0.25) is 0 Å². The van der Waals surface area contributed by atoms with E-state index in [-0.39, 0.29) is 16.9 Å². The lowest BCUT2D eigenvalue weighted by Gasteiger charge is -2.09. The lowest BCUT2D eigenvalue weighted by Crippen LogP contribution is -2.32. The third kappa shape index (κ3) is 3.02. The fraction of sp³-hybridized carbons (Fsp3) is 0.222. The Labute approximate surface area is 92.5 Å². The van der Waals surface area contributed by atoms with Crippen molar-refractivity contribution in [2.75, 3.05) is 0 Å². The molecule has 16 heavy (non-hydrogen) atoms. The van der Waals surface area contributed by atoms with Crippen molar-refractivity contribution in [1.29, 1.82) is 0 Å². The van der Waals surface area contributed by atoms with Gasteiger partial charge in [-0.1, -0.05) is 18.2 Å². The van der Waals surface area contributed by atoms with Crippen LogP contribution in [0.1, 0.15) is 5.56 Å². The molecule has 0 aromatic heterocycles. The van der Waals surface area contributed by atoms with E-state index in [2.05, 4.69) is 0 Å². The van der Waals surface area contributed by atoms with Gasteiger partial charge in [-0.05, 0) is 18.1 Å². The van der Waals surface area contributed by atoms with Crippen molar-refractivity contribution in [3.63, 3.8) is 0 Å². The molecule has 1 atom stereocenters. The normalized spacial score (nSPS) is 13.4. The summed E-state index contributed by atoms with van der Waals surface area (Å²) in [6.45, 7) is 0. The monoisotopic (exact) mass is 245 g/mol. The molecular weight excluding hydrogens is 234 g/mol. The molecule has 4 N–H and O–H groups in total. The van der Waals surface area contributed by atoms with Gasteiger partial charge in [-0.3, -0.25) is 9.35 Å². The van der Waals surface area contributed by atoms with Crippen LogP contribution in [0.3, 0.4) is 0 Å². The lowest BCUT2D eigenvalue weighted by atomic mass is 10.1. The molecule has 0 bridgehead atoms. The van der Waals surface area contributed by atoms with E-state index >= 15 is 0 Å². The maximum Gasteiger partial charge on any atom is 0.320 e. The lowest BCUT2D eigenvalue weighted by molar-refractivity contribution is -0.138. The first-order chi connectivity index (χ1) is 7.32. The van der Waals surface area contributed by atoms with Crippen molar-refractivity contribution in [2.45, 2.75) is 17.4 Å². The zero-order valence-corrected chi connectivity index (χ0v) is 9.02. The molecule has 1 unspecified atom stereocenters. The van der Waals surface area contributed by atoms with Crippen LogP contribution in [0.4, 0.5) is 0 Å². The Morgan fingerprint density at radius 3 is 2.44 bits per heavy atom. The van der Waals surface area contributed by atoms with Gasteiger partial charge in [0.25, 0.3) is 10.1 Å². The molecule has 0 saturated carbocycles. The highest BCUT2D eigenvalue weighted by Gasteiger charge is 2.19. The molecule has 0 heterocycles. The number of benzene rings is 1. The molecule has 1 aromatic carbocycles. The number of rotatable bonds is 4. The minimum Gasteiger partial charge on any atom is -0.480 e. The SMILES string of the molecule is NC(Cc1ccccc1S(=O)(=O)O)C(=O)O. The average molecular weight is 245 g/mol. The van der Waals surface area contributed by atoms with Gasteiger partial charge in [0.1, 0.15) is 6.04 Å². The summed E-state index contributed by atoms with van der Waals surface area (Å²) in [6, 6.07) is 4.37. The van der Waals surface area contributed by atoms with Crippen molar-refractivity contribution in [2.24, 2.45) is 5.73 Å². The van der Waals surface area contributed by atoms with Crippen molar-refractivity contribution >= 4 is 16.1 Å². The molecule has 0 aliphatic heterocycles. The van der Waals surface area contributed by atoms with Gasteiger partial charge >= 0.3 is 5.97 Å². The Morgan fingerprint density at radius 2 is 1.94 bits per heavy atom. The van der Waals surface area contributed by atoms with Crippen LogP contribution in [0.2, 0.25) is 0 Å². The summed E-state index contributed by atoms with van der Waals surface area (Å²) in [4.78, 5) is 10.2. The van der Waals surface area contributed by atoms with Crippen molar-refractivity contribution in [3.8, 4) is 0 Å². The Hall–Kier alpha value is -1.44. The molecule has 0 saturated heterocycles. The number of carboxylic acids is 1. The molecule has 1 aromatic rings. The summed E-state index contributed by atoms with van der Waals surface area (Å²) >= 11 is 0. The molecule has 0 aliphatic carbocycles. The van der Waals surface area contributed by atoms with Crippen molar-refractivity contribution < 1.29 is 22.9 Å². The molecular formula is C9H11NO5S. The molecule has 7 heteroatoms. The van der Waals surface area contributed by atoms with E-state index in [1.807, 2.05) is 0 Å². The third-order valence-corrected chi connectivity index (χ3v) is 2.96. The van der Waals surface area contributed by atoms with Crippen LogP contribution in [0.15, 0.2) is 29.2 Å². The summed E-state index contributed by atoms with van der Waals surface area (Å²) in [5, 5.41) is 8.60. The molecule has 1 rings (SSSR count). The van der Waals surface area contributed by atoms with Gasteiger partial charge in [0.05, 0.1) is 4.90 Å². The highest BCUT2D eigenvalue weighted by molar-refractivity contribution is 7.85. The van der Waals surface area contributed by atoms with Gasteiger partial charge in [-0.15, -0.1) is 0 Å². The standard InChI is InChI=1S/C9H11NO5S/c10-7(9(11)12)5-6-3-1-2-4-8(6)16(13,14)15/h1-4,7H,5,10H2,(H,11,12)(H,13,14,15). The van der Waals surface area contributed by atoms with E-state index in [9.17, 15) is 13.2 Å². The van der Waals surface area contributed by atoms with Crippen LogP contribution in [0.5, 0.6) is 0 Å². The van der Waals surface area contributed by atoms with Gasteiger partial charge in [-0.2, -0.15) is 8.42 Å². The number of hydrogen-bond acceptors (Lipinski definition) is 4. The van der Waals surface area contributed by atoms with Crippen LogP contribution in [-0.2, 0) is 21.3 Å². The largest absolute Gasteiger partial charge is 0.480 e. The molecule has 0 amide bonds. The maximum absolute atomic E-state index is 11.0. The first-order valence-electron chi connectivity index (χ1n) is 4.36. The Kier molecular flexibility index (Phi) is 3.63. The van der Waals surface area contributed by atoms with Crippen molar-refractivity contribution in [3.05, 3.63) is 29.8 Å². The molecule has 6 nitrogen and oxygen atoms in total. The Morgan fingerprint density at radius 1 is 1.38 bits per heavy atom. The van der Waals surface area contributed by atoms with E-state index in [0.717, 1.165) is 0 Å². The number of aliphatic carboxylic acids is 1. The second-order valence-electron chi connectivity index (χ2n) is 3.23. The summed E-state index contributed by atoms with van der Waals surface area (Å²) in [5.41, 5.74) is 5.47. The number of hydrogen-bond donors (Lipinski definition) is 3. The van der Waals surface area contributed by atoms with Crippen LogP contribution >= 0.6 is 0 Å². The van der Waals surface area contributed by atoms with Gasteiger partial charge in [0.15, 0.2) is 0 Å². The summed E-state index contributed by atoms with van der Waals surface area (Å²) in [7, 11) is -4.35. The second-order valence-corrected chi connectivity index (χ2v) is 4.62. The highest BCUT2D eigenvalue weighted by atomic mass is 32.2. The quantitative estimate of drug-likeness (QED) is 0.637. The summed E-state index contributed by atoms with van der Waals surface area (Å²) < 4.78 is 30.9. The molecule has 0 radical (unpaired) electrons. The predicted octanol–water partition coefficient (Wildman–Crippen LogP) is -0.112. The smallest absolute Gasteiger partial charge is 0.320 e. The topological polar surface area (TPSA) is 118 Å². The molecule has 0 spiro atoms. The number of nitrogens with two attached hydrogens (primary N) is 1. The highest BCUT2D eigenvalue weighted by Crippen LogP contribution is 2.16.